The highest BCUT2D eigenvalue weighted by Crippen LogP contribution is 2.35. The van der Waals surface area contributed by atoms with E-state index in [9.17, 15) is 4.79 Å². The molecule has 0 bridgehead atoms. The normalized spacial score (nSPS) is 12.6. The molecule has 1 amide bonds. The number of rotatable bonds is 4. The van der Waals surface area contributed by atoms with Gasteiger partial charge < -0.3 is 11.1 Å². The van der Waals surface area contributed by atoms with Crippen molar-refractivity contribution in [3.8, 4) is 0 Å². The topological polar surface area (TPSA) is 55.1 Å². The van der Waals surface area contributed by atoms with Crippen LogP contribution in [-0.4, -0.2) is 12.5 Å². The molecule has 3 nitrogen and oxygen atoms in total. The van der Waals surface area contributed by atoms with Crippen LogP contribution in [-0.2, 0) is 0 Å². The summed E-state index contributed by atoms with van der Waals surface area (Å²) in [6.45, 7) is 4.92. The first-order valence-electron chi connectivity index (χ1n) is 6.28. The molecule has 1 aromatic heterocycles. The van der Waals surface area contributed by atoms with E-state index in [1.54, 1.807) is 0 Å². The van der Waals surface area contributed by atoms with Gasteiger partial charge in [-0.2, -0.15) is 0 Å². The predicted octanol–water partition coefficient (Wildman–Crippen LogP) is 4.02. The van der Waals surface area contributed by atoms with Gasteiger partial charge in [-0.15, -0.1) is 11.3 Å². The maximum absolute atomic E-state index is 12.1. The van der Waals surface area contributed by atoms with Gasteiger partial charge in [0.2, 0.25) is 0 Å². The molecule has 0 aliphatic carbocycles. The van der Waals surface area contributed by atoms with E-state index < -0.39 is 0 Å². The lowest BCUT2D eigenvalue weighted by atomic mass is 10.1. The molecular formula is C14H17BrN2OS. The number of carbonyl (C=O) groups excluding carboxylic acids is 1. The second-order valence-electron chi connectivity index (χ2n) is 4.71. The molecule has 1 atom stereocenters. The number of anilines is 1. The molecule has 19 heavy (non-hydrogen) atoms. The third-order valence-corrected chi connectivity index (χ3v) is 4.88. The molecule has 2 rings (SSSR count). The van der Waals surface area contributed by atoms with Crippen molar-refractivity contribution in [1.82, 2.24) is 5.32 Å². The van der Waals surface area contributed by atoms with Crippen LogP contribution in [0, 0.1) is 5.92 Å². The smallest absolute Gasteiger partial charge is 0.263 e. The van der Waals surface area contributed by atoms with Crippen molar-refractivity contribution in [3.63, 3.8) is 0 Å². The van der Waals surface area contributed by atoms with Crippen molar-refractivity contribution >= 4 is 48.9 Å². The summed E-state index contributed by atoms with van der Waals surface area (Å²) >= 11 is 4.86. The first kappa shape index (κ1) is 14.3. The van der Waals surface area contributed by atoms with Gasteiger partial charge in [-0.1, -0.05) is 36.2 Å². The molecule has 0 aliphatic rings. The van der Waals surface area contributed by atoms with Crippen LogP contribution in [0.1, 0.15) is 29.9 Å². The fraction of sp³-hybridized carbons (Fsp3) is 0.357. The molecule has 3 N–H and O–H groups in total. The first-order chi connectivity index (χ1) is 9.02. The predicted molar refractivity (Wildman–Crippen MR) is 85.7 cm³/mol. The van der Waals surface area contributed by atoms with Crippen LogP contribution in [0.4, 0.5) is 5.69 Å². The number of nitrogens with two attached hydrogens (primary N) is 1. The second kappa shape index (κ2) is 5.92. The molecule has 102 valence electrons. The number of benzene rings is 1. The third kappa shape index (κ3) is 3.09. The fourth-order valence-electron chi connectivity index (χ4n) is 1.75. The number of nitrogen functional groups attached to an aromatic ring is 1. The molecule has 0 fully saturated rings. The Kier molecular flexibility index (Phi) is 4.47. The van der Waals surface area contributed by atoms with Crippen molar-refractivity contribution in [2.75, 3.05) is 12.3 Å². The van der Waals surface area contributed by atoms with Gasteiger partial charge in [-0.3, -0.25) is 4.79 Å². The molecule has 1 unspecified atom stereocenters. The lowest BCUT2D eigenvalue weighted by molar-refractivity contribution is 0.0953. The zero-order valence-corrected chi connectivity index (χ0v) is 13.4. The molecule has 0 spiro atoms. The van der Waals surface area contributed by atoms with Crippen LogP contribution in [0.2, 0.25) is 0 Å². The van der Waals surface area contributed by atoms with Crippen LogP contribution in [0.3, 0.4) is 0 Å². The minimum Gasteiger partial charge on any atom is -0.397 e. The molecule has 0 aliphatic heterocycles. The Morgan fingerprint density at radius 3 is 2.95 bits per heavy atom. The van der Waals surface area contributed by atoms with E-state index in [-0.39, 0.29) is 5.91 Å². The number of halogens is 1. The van der Waals surface area contributed by atoms with Crippen LogP contribution in [0.25, 0.3) is 10.1 Å². The van der Waals surface area contributed by atoms with Gasteiger partial charge in [0, 0.05) is 21.1 Å². The van der Waals surface area contributed by atoms with E-state index >= 15 is 0 Å². The zero-order valence-electron chi connectivity index (χ0n) is 11.0. The summed E-state index contributed by atoms with van der Waals surface area (Å²) in [5.74, 6) is 0.406. The van der Waals surface area contributed by atoms with Gasteiger partial charge in [-0.05, 0) is 24.1 Å². The lowest BCUT2D eigenvalue weighted by Gasteiger charge is -2.09. The van der Waals surface area contributed by atoms with E-state index in [1.807, 2.05) is 18.2 Å². The molecule has 5 heteroatoms. The van der Waals surface area contributed by atoms with Crippen LogP contribution < -0.4 is 11.1 Å². The summed E-state index contributed by atoms with van der Waals surface area (Å²) in [4.78, 5) is 12.8. The third-order valence-electron chi connectivity index (χ3n) is 3.20. The van der Waals surface area contributed by atoms with Gasteiger partial charge in [0.15, 0.2) is 0 Å². The van der Waals surface area contributed by atoms with E-state index in [0.717, 1.165) is 21.0 Å². The number of hydrogen-bond acceptors (Lipinski definition) is 3. The van der Waals surface area contributed by atoms with Gasteiger partial charge in [0.25, 0.3) is 5.91 Å². The largest absolute Gasteiger partial charge is 0.397 e. The van der Waals surface area contributed by atoms with Crippen molar-refractivity contribution in [1.29, 1.82) is 0 Å². The minimum absolute atomic E-state index is 0.0740. The highest BCUT2D eigenvalue weighted by atomic mass is 79.9. The Balaban J connectivity index is 2.25. The quantitative estimate of drug-likeness (QED) is 0.882. The Hall–Kier alpha value is -1.07. The average Bonchev–Trinajstić information content (AvgIpc) is 2.73. The van der Waals surface area contributed by atoms with Gasteiger partial charge in [0.1, 0.15) is 4.88 Å². The summed E-state index contributed by atoms with van der Waals surface area (Å²) in [7, 11) is 0. The minimum atomic E-state index is -0.0740. The number of thiophene rings is 1. The Labute approximate surface area is 125 Å². The standard InChI is InChI=1S/C14H17BrN2OS/c1-3-8(2)7-17-14(18)13-12(16)10-6-9(15)4-5-11(10)19-13/h4-6,8H,3,7,16H2,1-2H3,(H,17,18). The fourth-order valence-corrected chi connectivity index (χ4v) is 3.13. The van der Waals surface area contributed by atoms with Gasteiger partial charge in [-0.25, -0.2) is 0 Å². The zero-order chi connectivity index (χ0) is 14.0. The van der Waals surface area contributed by atoms with Crippen LogP contribution >= 0.6 is 27.3 Å². The maximum Gasteiger partial charge on any atom is 0.263 e. The number of hydrogen-bond donors (Lipinski definition) is 2. The molecular weight excluding hydrogens is 324 g/mol. The molecule has 1 heterocycles. The summed E-state index contributed by atoms with van der Waals surface area (Å²) in [5, 5.41) is 3.88. The molecule has 2 aromatic rings. The Morgan fingerprint density at radius 1 is 1.53 bits per heavy atom. The van der Waals surface area contributed by atoms with E-state index in [4.69, 9.17) is 5.73 Å². The molecule has 0 saturated carbocycles. The van der Waals surface area contributed by atoms with E-state index in [0.29, 0.717) is 23.0 Å². The van der Waals surface area contributed by atoms with Crippen molar-refractivity contribution in [2.24, 2.45) is 5.92 Å². The first-order valence-corrected chi connectivity index (χ1v) is 7.89. The number of carbonyl (C=O) groups is 1. The summed E-state index contributed by atoms with van der Waals surface area (Å²) in [6.07, 6.45) is 1.05. The van der Waals surface area contributed by atoms with Crippen LogP contribution in [0.15, 0.2) is 22.7 Å². The Bertz CT molecular complexity index is 609. The van der Waals surface area contributed by atoms with E-state index in [2.05, 4.69) is 35.1 Å². The average molecular weight is 341 g/mol. The van der Waals surface area contributed by atoms with Crippen LogP contribution in [0.5, 0.6) is 0 Å². The molecule has 0 saturated heterocycles. The highest BCUT2D eigenvalue weighted by Gasteiger charge is 2.16. The summed E-state index contributed by atoms with van der Waals surface area (Å²) < 4.78 is 2.01. The highest BCUT2D eigenvalue weighted by molar-refractivity contribution is 9.10. The van der Waals surface area contributed by atoms with Crippen molar-refractivity contribution in [2.45, 2.75) is 20.3 Å². The van der Waals surface area contributed by atoms with Gasteiger partial charge >= 0.3 is 0 Å². The van der Waals surface area contributed by atoms with Gasteiger partial charge in [0.05, 0.1) is 5.69 Å². The van der Waals surface area contributed by atoms with Crippen molar-refractivity contribution in [3.05, 3.63) is 27.5 Å². The number of fused-ring (bicyclic) bond motifs is 1. The van der Waals surface area contributed by atoms with Crippen molar-refractivity contribution < 1.29 is 4.79 Å². The number of amides is 1. The molecule has 0 radical (unpaired) electrons. The lowest BCUT2D eigenvalue weighted by Crippen LogP contribution is -2.27. The second-order valence-corrected chi connectivity index (χ2v) is 6.68. The maximum atomic E-state index is 12.1. The number of nitrogens with one attached hydrogen (secondary N) is 1. The molecule has 1 aromatic carbocycles. The summed E-state index contributed by atoms with van der Waals surface area (Å²) in [5.41, 5.74) is 6.65. The monoisotopic (exact) mass is 340 g/mol. The van der Waals surface area contributed by atoms with E-state index in [1.165, 1.54) is 11.3 Å². The SMILES string of the molecule is CCC(C)CNC(=O)c1sc2ccc(Br)cc2c1N. The Morgan fingerprint density at radius 2 is 2.26 bits per heavy atom. The summed E-state index contributed by atoms with van der Waals surface area (Å²) in [6, 6.07) is 5.89.